The summed E-state index contributed by atoms with van der Waals surface area (Å²) < 4.78 is 11.3. The molecule has 1 saturated heterocycles. The second-order valence-corrected chi connectivity index (χ2v) is 4.56. The Bertz CT molecular complexity index is 254. The molecular formula is C13H20O3. The Balaban J connectivity index is 1.73. The van der Waals surface area contributed by atoms with Crippen LogP contribution in [0.25, 0.3) is 0 Å². The predicted octanol–water partition coefficient (Wildman–Crippen LogP) is 2.46. The number of carbonyl (C=O) groups excluding carboxylic acids is 1. The second-order valence-electron chi connectivity index (χ2n) is 4.56. The summed E-state index contributed by atoms with van der Waals surface area (Å²) in [6.45, 7) is 1.46. The van der Waals surface area contributed by atoms with Gasteiger partial charge in [-0.15, -0.1) is 0 Å². The molecule has 3 heteroatoms. The maximum Gasteiger partial charge on any atom is 0.158 e. The fourth-order valence-corrected chi connectivity index (χ4v) is 2.42. The second kappa shape index (κ2) is 6.16. The van der Waals surface area contributed by atoms with Crippen LogP contribution in [0.15, 0.2) is 11.6 Å². The SMILES string of the molecule is O=CC[C@H]1CCC=C1CO[C@@H]1CCCCO1. The van der Waals surface area contributed by atoms with E-state index in [2.05, 4.69) is 6.08 Å². The highest BCUT2D eigenvalue weighted by Gasteiger charge is 2.21. The maximum absolute atomic E-state index is 10.5. The lowest BCUT2D eigenvalue weighted by molar-refractivity contribution is -0.157. The summed E-state index contributed by atoms with van der Waals surface area (Å²) in [5.41, 5.74) is 1.29. The van der Waals surface area contributed by atoms with Crippen LogP contribution in [-0.4, -0.2) is 25.8 Å². The lowest BCUT2D eigenvalue weighted by Gasteiger charge is -2.23. The molecule has 0 N–H and O–H groups in total. The van der Waals surface area contributed by atoms with E-state index in [1.807, 2.05) is 0 Å². The fourth-order valence-electron chi connectivity index (χ4n) is 2.42. The van der Waals surface area contributed by atoms with Gasteiger partial charge in [0.15, 0.2) is 6.29 Å². The van der Waals surface area contributed by atoms with Gasteiger partial charge < -0.3 is 14.3 Å². The van der Waals surface area contributed by atoms with Crippen molar-refractivity contribution in [1.29, 1.82) is 0 Å². The molecule has 0 aromatic rings. The molecule has 0 aromatic heterocycles. The van der Waals surface area contributed by atoms with Crippen molar-refractivity contribution in [3.8, 4) is 0 Å². The minimum Gasteiger partial charge on any atom is -0.353 e. The van der Waals surface area contributed by atoms with Crippen LogP contribution >= 0.6 is 0 Å². The molecule has 1 heterocycles. The number of rotatable bonds is 5. The Kier molecular flexibility index (Phi) is 4.55. The quantitative estimate of drug-likeness (QED) is 0.531. The monoisotopic (exact) mass is 224 g/mol. The number of allylic oxidation sites excluding steroid dienone is 1. The van der Waals surface area contributed by atoms with Crippen LogP contribution in [0.3, 0.4) is 0 Å². The van der Waals surface area contributed by atoms with Crippen molar-refractivity contribution < 1.29 is 14.3 Å². The first-order valence-electron chi connectivity index (χ1n) is 6.26. The third kappa shape index (κ3) is 3.16. The molecular weight excluding hydrogens is 204 g/mol. The summed E-state index contributed by atoms with van der Waals surface area (Å²) in [6, 6.07) is 0. The lowest BCUT2D eigenvalue weighted by atomic mass is 9.99. The zero-order valence-corrected chi connectivity index (χ0v) is 9.69. The summed E-state index contributed by atoms with van der Waals surface area (Å²) in [6.07, 6.45) is 9.39. The first kappa shape index (κ1) is 11.8. The van der Waals surface area contributed by atoms with E-state index >= 15 is 0 Å². The van der Waals surface area contributed by atoms with Gasteiger partial charge in [-0.25, -0.2) is 0 Å². The molecule has 90 valence electrons. The Morgan fingerprint density at radius 3 is 3.12 bits per heavy atom. The number of hydrogen-bond acceptors (Lipinski definition) is 3. The normalized spacial score (nSPS) is 30.1. The summed E-state index contributed by atoms with van der Waals surface area (Å²) in [7, 11) is 0. The van der Waals surface area contributed by atoms with E-state index < -0.39 is 0 Å². The standard InChI is InChI=1S/C13H20O3/c14-8-7-11-4-3-5-12(11)10-16-13-6-1-2-9-15-13/h5,8,11,13H,1-4,6-7,9-10H2/t11-,13-/m1/s1. The van der Waals surface area contributed by atoms with Gasteiger partial charge in [0.2, 0.25) is 0 Å². The molecule has 1 fully saturated rings. The minimum atomic E-state index is -0.0212. The molecule has 0 saturated carbocycles. The molecule has 2 aliphatic rings. The van der Waals surface area contributed by atoms with Crippen LogP contribution in [0.4, 0.5) is 0 Å². The van der Waals surface area contributed by atoms with Gasteiger partial charge in [-0.05, 0) is 43.6 Å². The van der Waals surface area contributed by atoms with Gasteiger partial charge in [0.25, 0.3) is 0 Å². The van der Waals surface area contributed by atoms with E-state index in [1.165, 1.54) is 12.0 Å². The Morgan fingerprint density at radius 2 is 2.38 bits per heavy atom. The third-order valence-electron chi connectivity index (χ3n) is 3.40. The van der Waals surface area contributed by atoms with Gasteiger partial charge in [-0.2, -0.15) is 0 Å². The highest BCUT2D eigenvalue weighted by molar-refractivity contribution is 5.51. The van der Waals surface area contributed by atoms with Gasteiger partial charge in [-0.3, -0.25) is 0 Å². The van der Waals surface area contributed by atoms with Crippen molar-refractivity contribution in [2.45, 2.75) is 44.8 Å². The van der Waals surface area contributed by atoms with Crippen LogP contribution in [0, 0.1) is 5.92 Å². The molecule has 1 aliphatic heterocycles. The van der Waals surface area contributed by atoms with Crippen LogP contribution in [0.5, 0.6) is 0 Å². The van der Waals surface area contributed by atoms with Gasteiger partial charge in [0.05, 0.1) is 6.61 Å². The van der Waals surface area contributed by atoms with E-state index in [0.29, 0.717) is 18.9 Å². The number of hydrogen-bond donors (Lipinski definition) is 0. The zero-order chi connectivity index (χ0) is 11.2. The molecule has 0 aromatic carbocycles. The van der Waals surface area contributed by atoms with Crippen LogP contribution in [0.2, 0.25) is 0 Å². The lowest BCUT2D eigenvalue weighted by Crippen LogP contribution is -2.23. The van der Waals surface area contributed by atoms with E-state index in [0.717, 1.165) is 38.6 Å². The number of aldehydes is 1. The number of ether oxygens (including phenoxy) is 2. The maximum atomic E-state index is 10.5. The van der Waals surface area contributed by atoms with E-state index in [9.17, 15) is 4.79 Å². The van der Waals surface area contributed by atoms with Crippen LogP contribution < -0.4 is 0 Å². The van der Waals surface area contributed by atoms with Crippen molar-refractivity contribution >= 4 is 6.29 Å². The first-order chi connectivity index (χ1) is 7.90. The zero-order valence-electron chi connectivity index (χ0n) is 9.69. The van der Waals surface area contributed by atoms with Crippen LogP contribution in [-0.2, 0) is 14.3 Å². The summed E-state index contributed by atoms with van der Waals surface area (Å²) in [5, 5.41) is 0. The van der Waals surface area contributed by atoms with Crippen molar-refractivity contribution in [3.63, 3.8) is 0 Å². The van der Waals surface area contributed by atoms with E-state index in [1.54, 1.807) is 0 Å². The van der Waals surface area contributed by atoms with Crippen molar-refractivity contribution in [2.75, 3.05) is 13.2 Å². The smallest absolute Gasteiger partial charge is 0.158 e. The van der Waals surface area contributed by atoms with Gasteiger partial charge in [-0.1, -0.05) is 6.08 Å². The predicted molar refractivity (Wildman–Crippen MR) is 61.0 cm³/mol. The fraction of sp³-hybridized carbons (Fsp3) is 0.769. The average Bonchev–Trinajstić information content (AvgIpc) is 2.76. The van der Waals surface area contributed by atoms with Crippen molar-refractivity contribution in [1.82, 2.24) is 0 Å². The summed E-state index contributed by atoms with van der Waals surface area (Å²) in [4.78, 5) is 10.5. The van der Waals surface area contributed by atoms with Crippen molar-refractivity contribution in [3.05, 3.63) is 11.6 Å². The van der Waals surface area contributed by atoms with Gasteiger partial charge in [0.1, 0.15) is 6.29 Å². The highest BCUT2D eigenvalue weighted by atomic mass is 16.7. The molecule has 2 atom stereocenters. The van der Waals surface area contributed by atoms with E-state index in [-0.39, 0.29) is 6.29 Å². The molecule has 0 unspecified atom stereocenters. The van der Waals surface area contributed by atoms with Gasteiger partial charge >= 0.3 is 0 Å². The Morgan fingerprint density at radius 1 is 1.44 bits per heavy atom. The average molecular weight is 224 g/mol. The minimum absolute atomic E-state index is 0.0212. The molecule has 0 bridgehead atoms. The van der Waals surface area contributed by atoms with Gasteiger partial charge in [0, 0.05) is 13.0 Å². The molecule has 0 amide bonds. The summed E-state index contributed by atoms with van der Waals surface area (Å²) in [5.74, 6) is 0.418. The molecule has 16 heavy (non-hydrogen) atoms. The number of carbonyl (C=O) groups is 1. The third-order valence-corrected chi connectivity index (χ3v) is 3.40. The Labute approximate surface area is 96.8 Å². The topological polar surface area (TPSA) is 35.5 Å². The molecule has 1 aliphatic carbocycles. The first-order valence-corrected chi connectivity index (χ1v) is 6.26. The highest BCUT2D eigenvalue weighted by Crippen LogP contribution is 2.28. The molecule has 0 spiro atoms. The van der Waals surface area contributed by atoms with Crippen LogP contribution in [0.1, 0.15) is 38.5 Å². The van der Waals surface area contributed by atoms with E-state index in [4.69, 9.17) is 9.47 Å². The summed E-state index contributed by atoms with van der Waals surface area (Å²) >= 11 is 0. The Hall–Kier alpha value is -0.670. The molecule has 3 nitrogen and oxygen atoms in total. The largest absolute Gasteiger partial charge is 0.353 e. The van der Waals surface area contributed by atoms with Crippen molar-refractivity contribution in [2.24, 2.45) is 5.92 Å². The molecule has 2 rings (SSSR count). The molecule has 0 radical (unpaired) electrons.